The number of esters is 1. The van der Waals surface area contributed by atoms with Gasteiger partial charge in [-0.05, 0) is 97.0 Å². The van der Waals surface area contributed by atoms with Gasteiger partial charge in [-0.1, -0.05) is 41.6 Å². The van der Waals surface area contributed by atoms with E-state index in [1.54, 1.807) is 11.6 Å². The van der Waals surface area contributed by atoms with Crippen molar-refractivity contribution in [3.8, 4) is 11.5 Å². The molecule has 15 heteroatoms. The number of carbonyl (C=O) groups is 1. The highest BCUT2D eigenvalue weighted by atomic mass is 32.2. The summed E-state index contributed by atoms with van der Waals surface area (Å²) in [7, 11) is -4.14. The molecule has 2 N–H and O–H groups in total. The summed E-state index contributed by atoms with van der Waals surface area (Å²) in [6.07, 6.45) is -4.18. The zero-order valence-corrected chi connectivity index (χ0v) is 30.1. The van der Waals surface area contributed by atoms with Crippen molar-refractivity contribution in [2.24, 2.45) is 0 Å². The van der Waals surface area contributed by atoms with Crippen LogP contribution in [-0.2, 0) is 45.6 Å². The van der Waals surface area contributed by atoms with Crippen molar-refractivity contribution in [1.82, 2.24) is 19.3 Å². The smallest absolute Gasteiger partial charge is 0.416 e. The molecule has 0 spiro atoms. The number of nitrogens with zero attached hydrogens (tertiary/aromatic N) is 4. The van der Waals surface area contributed by atoms with Crippen LogP contribution in [0.5, 0.6) is 11.5 Å². The largest absolute Gasteiger partial charge is 0.508 e. The zero-order chi connectivity index (χ0) is 38.1. The molecule has 2 atom stereocenters. The maximum absolute atomic E-state index is 13.2. The number of carbonyl (C=O) groups excluding carboxylic acids is 1. The van der Waals surface area contributed by atoms with E-state index < -0.39 is 33.9 Å². The summed E-state index contributed by atoms with van der Waals surface area (Å²) in [5.41, 5.74) is 5.41. The van der Waals surface area contributed by atoms with Crippen molar-refractivity contribution in [1.29, 1.82) is 0 Å². The van der Waals surface area contributed by atoms with Gasteiger partial charge in [-0.15, -0.1) is 5.10 Å². The Morgan fingerprint density at radius 2 is 1.75 bits per heavy atom. The number of aliphatic hydroxyl groups is 1. The summed E-state index contributed by atoms with van der Waals surface area (Å²) in [6, 6.07) is 18.5. The molecule has 4 aromatic carbocycles. The summed E-state index contributed by atoms with van der Waals surface area (Å²) in [5.74, 6) is -1.13. The molecule has 0 fully saturated rings. The van der Waals surface area contributed by atoms with Crippen LogP contribution in [0.3, 0.4) is 0 Å². The number of hydrogen-bond donors (Lipinski definition) is 2. The van der Waals surface area contributed by atoms with Crippen molar-refractivity contribution in [2.75, 3.05) is 13.2 Å². The van der Waals surface area contributed by atoms with Gasteiger partial charge >= 0.3 is 22.4 Å². The molecule has 0 radical (unpaired) electrons. The molecule has 2 heterocycles. The van der Waals surface area contributed by atoms with E-state index in [9.17, 15) is 36.6 Å². The van der Waals surface area contributed by atoms with Gasteiger partial charge in [0.15, 0.2) is 0 Å². The van der Waals surface area contributed by atoms with Crippen LogP contribution in [0.15, 0.2) is 72.8 Å². The number of aryl methyl sites for hydroxylation is 2. The highest BCUT2D eigenvalue weighted by Crippen LogP contribution is 2.37. The van der Waals surface area contributed by atoms with E-state index in [1.165, 1.54) is 34.6 Å². The minimum Gasteiger partial charge on any atom is -0.508 e. The Labute approximate surface area is 304 Å². The molecule has 2 unspecified atom stereocenters. The van der Waals surface area contributed by atoms with E-state index in [0.717, 1.165) is 34.4 Å². The summed E-state index contributed by atoms with van der Waals surface area (Å²) < 4.78 is 79.3. The van der Waals surface area contributed by atoms with E-state index in [2.05, 4.69) is 10.3 Å². The lowest BCUT2D eigenvalue weighted by atomic mass is 9.84. The van der Waals surface area contributed by atoms with Gasteiger partial charge in [-0.2, -0.15) is 25.9 Å². The van der Waals surface area contributed by atoms with Crippen LogP contribution in [0, 0.1) is 13.8 Å². The lowest BCUT2D eigenvalue weighted by Gasteiger charge is -2.28. The second-order valence-electron chi connectivity index (χ2n) is 13.1. The number of benzene rings is 4. The first kappa shape index (κ1) is 37.8. The van der Waals surface area contributed by atoms with Crippen LogP contribution in [-0.4, -0.2) is 57.1 Å². The highest BCUT2D eigenvalue weighted by molar-refractivity contribution is 7.84. The van der Waals surface area contributed by atoms with Gasteiger partial charge in [-0.3, -0.25) is 4.79 Å². The minimum atomic E-state index is -4.46. The normalized spacial score (nSPS) is 15.5. The number of fused-ring (bicyclic) bond motifs is 2. The standard InChI is InChI=1S/C38H39F3N4O7S/c1-4-51-36(48)19-33(26-6-5-23(2)28(17-26)20-44-21-29-18-31(47)11-14-35(29)52-53(44,49)50)32-12-13-34-37(24(32)3)42-43-45(34)22-27(15-16-46)25-7-9-30(10-8-25)38(39,40)41/h5-14,17-18,27,33,46-47H,4,15-16,19-22H2,1-3H3. The van der Waals surface area contributed by atoms with Crippen molar-refractivity contribution in [2.45, 2.75) is 71.3 Å². The molecule has 0 bridgehead atoms. The van der Waals surface area contributed by atoms with E-state index in [4.69, 9.17) is 8.92 Å². The summed E-state index contributed by atoms with van der Waals surface area (Å²) in [5, 5.41) is 28.6. The van der Waals surface area contributed by atoms with Crippen molar-refractivity contribution in [3.05, 3.63) is 117 Å². The number of hydrogen-bond acceptors (Lipinski definition) is 9. The van der Waals surface area contributed by atoms with Gasteiger partial charge in [0.1, 0.15) is 17.0 Å². The van der Waals surface area contributed by atoms with E-state index in [0.29, 0.717) is 34.1 Å². The summed E-state index contributed by atoms with van der Waals surface area (Å²) in [6.45, 7) is 5.69. The molecule has 5 aromatic rings. The lowest BCUT2D eigenvalue weighted by Crippen LogP contribution is -2.37. The molecular formula is C38H39F3N4O7S. The fourth-order valence-electron chi connectivity index (χ4n) is 6.77. The average Bonchev–Trinajstić information content (AvgIpc) is 3.52. The molecular weight excluding hydrogens is 714 g/mol. The Balaban J connectivity index is 1.32. The van der Waals surface area contributed by atoms with Gasteiger partial charge < -0.3 is 19.1 Å². The Morgan fingerprint density at radius 3 is 2.45 bits per heavy atom. The predicted octanol–water partition coefficient (Wildman–Crippen LogP) is 6.66. The van der Waals surface area contributed by atoms with Crippen molar-refractivity contribution in [3.63, 3.8) is 0 Å². The molecule has 1 aliphatic rings. The topological polar surface area (TPSA) is 144 Å². The number of alkyl halides is 3. The first-order valence-electron chi connectivity index (χ1n) is 17.1. The SMILES string of the molecule is CCOC(=O)CC(c1ccc(C)c(CN2Cc3cc(O)ccc3OS2(=O)=O)c1)c1ccc2c(nnn2CC(CCO)c2ccc(C(F)(F)F)cc2)c1C. The highest BCUT2D eigenvalue weighted by Gasteiger charge is 2.33. The summed E-state index contributed by atoms with van der Waals surface area (Å²) in [4.78, 5) is 13.0. The molecule has 280 valence electrons. The monoisotopic (exact) mass is 752 g/mol. The number of aromatic hydroxyl groups is 1. The summed E-state index contributed by atoms with van der Waals surface area (Å²) >= 11 is 0. The number of halogens is 3. The zero-order valence-electron chi connectivity index (χ0n) is 29.3. The van der Waals surface area contributed by atoms with Gasteiger partial charge in [0, 0.05) is 37.1 Å². The molecule has 1 aromatic heterocycles. The van der Waals surface area contributed by atoms with Gasteiger partial charge in [0.2, 0.25) is 0 Å². The maximum Gasteiger partial charge on any atom is 0.416 e. The predicted molar refractivity (Wildman–Crippen MR) is 189 cm³/mol. The molecule has 11 nitrogen and oxygen atoms in total. The number of aliphatic hydroxyl groups excluding tert-OH is 1. The maximum atomic E-state index is 13.2. The van der Waals surface area contributed by atoms with Crippen molar-refractivity contribution >= 4 is 27.3 Å². The Bertz CT molecular complexity index is 2240. The van der Waals surface area contributed by atoms with Crippen LogP contribution in [0.4, 0.5) is 13.2 Å². The van der Waals surface area contributed by atoms with Gasteiger partial charge in [0.25, 0.3) is 0 Å². The average molecular weight is 753 g/mol. The molecule has 53 heavy (non-hydrogen) atoms. The molecule has 1 aliphatic heterocycles. The molecule has 0 aliphatic carbocycles. The molecule has 0 saturated heterocycles. The minimum absolute atomic E-state index is 0.00848. The Morgan fingerprint density at radius 1 is 1.02 bits per heavy atom. The van der Waals surface area contributed by atoms with E-state index >= 15 is 0 Å². The number of aromatic nitrogens is 3. The second-order valence-corrected chi connectivity index (χ2v) is 14.6. The third-order valence-corrected chi connectivity index (χ3v) is 10.9. The number of phenolic OH excluding ortho intramolecular Hbond substituents is 1. The second kappa shape index (κ2) is 15.2. The van der Waals surface area contributed by atoms with Crippen molar-refractivity contribution < 1.29 is 45.5 Å². The van der Waals surface area contributed by atoms with Crippen LogP contribution in [0.2, 0.25) is 0 Å². The quantitative estimate of drug-likeness (QED) is 0.134. The lowest BCUT2D eigenvalue weighted by molar-refractivity contribution is -0.143. The fraction of sp³-hybridized carbons (Fsp3) is 0.342. The Hall–Kier alpha value is -4.99. The Kier molecular flexibility index (Phi) is 10.8. The number of rotatable bonds is 12. The first-order valence-corrected chi connectivity index (χ1v) is 18.4. The molecule has 0 amide bonds. The first-order chi connectivity index (χ1) is 25.2. The molecule has 6 rings (SSSR count). The van der Waals surface area contributed by atoms with Crippen LogP contribution < -0.4 is 4.18 Å². The number of phenols is 1. The van der Waals surface area contributed by atoms with E-state index in [-0.39, 0.29) is 56.7 Å². The van der Waals surface area contributed by atoms with Crippen LogP contribution >= 0.6 is 0 Å². The molecule has 0 saturated carbocycles. The fourth-order valence-corrected chi connectivity index (χ4v) is 7.86. The van der Waals surface area contributed by atoms with E-state index in [1.807, 2.05) is 44.2 Å². The third-order valence-electron chi connectivity index (χ3n) is 9.64. The number of ether oxygens (including phenoxy) is 1. The third kappa shape index (κ3) is 8.16. The van der Waals surface area contributed by atoms with Gasteiger partial charge in [0.05, 0.1) is 30.7 Å². The van der Waals surface area contributed by atoms with Gasteiger partial charge in [-0.25, -0.2) is 4.68 Å². The van der Waals surface area contributed by atoms with Crippen LogP contribution in [0.1, 0.15) is 76.1 Å². The van der Waals surface area contributed by atoms with Crippen LogP contribution in [0.25, 0.3) is 11.0 Å².